The first kappa shape index (κ1) is 21.2. The number of nitrogens with two attached hydrogens (primary N) is 1. The third kappa shape index (κ3) is 4.38. The van der Waals surface area contributed by atoms with Gasteiger partial charge in [-0.25, -0.2) is 0 Å². The van der Waals surface area contributed by atoms with Gasteiger partial charge in [-0.3, -0.25) is 9.69 Å². The number of amides is 1. The van der Waals surface area contributed by atoms with Gasteiger partial charge in [0.05, 0.1) is 37.2 Å². The maximum absolute atomic E-state index is 12.8. The van der Waals surface area contributed by atoms with E-state index < -0.39 is 0 Å². The first-order valence-corrected chi connectivity index (χ1v) is 10.8. The Morgan fingerprint density at radius 2 is 2.00 bits per heavy atom. The number of nitrogens with one attached hydrogen (secondary N) is 1. The molecule has 7 heteroatoms. The summed E-state index contributed by atoms with van der Waals surface area (Å²) in [5, 5.41) is 4.02. The monoisotopic (exact) mass is 422 g/mol. The van der Waals surface area contributed by atoms with Crippen LogP contribution in [0.1, 0.15) is 17.3 Å². The number of rotatable bonds is 7. The van der Waals surface area contributed by atoms with Crippen LogP contribution in [-0.4, -0.2) is 61.9 Å². The summed E-state index contributed by atoms with van der Waals surface area (Å²) in [5.41, 5.74) is 10.8. The first-order chi connectivity index (χ1) is 15.1. The Morgan fingerprint density at radius 1 is 1.19 bits per heavy atom. The summed E-state index contributed by atoms with van der Waals surface area (Å²) in [7, 11) is 1.66. The molecule has 3 N–H and O–H groups in total. The van der Waals surface area contributed by atoms with E-state index in [0.29, 0.717) is 17.8 Å². The average Bonchev–Trinajstić information content (AvgIpc) is 3.10. The minimum absolute atomic E-state index is 0.0745. The van der Waals surface area contributed by atoms with Crippen molar-refractivity contribution in [2.45, 2.75) is 13.5 Å². The van der Waals surface area contributed by atoms with Crippen molar-refractivity contribution in [1.82, 2.24) is 14.8 Å². The molecule has 0 radical (unpaired) electrons. The highest BCUT2D eigenvalue weighted by Gasteiger charge is 2.18. The van der Waals surface area contributed by atoms with Crippen LogP contribution in [0.25, 0.3) is 22.2 Å². The van der Waals surface area contributed by atoms with Gasteiger partial charge in [-0.2, -0.15) is 0 Å². The van der Waals surface area contributed by atoms with Crippen molar-refractivity contribution < 1.29 is 14.3 Å². The molecule has 3 aromatic rings. The van der Waals surface area contributed by atoms with Gasteiger partial charge in [0.15, 0.2) is 0 Å². The number of carbonyl (C=O) groups excluding carboxylic acids is 1. The number of fused-ring (bicyclic) bond motifs is 1. The number of anilines is 1. The topological polar surface area (TPSA) is 81.8 Å². The number of benzene rings is 2. The van der Waals surface area contributed by atoms with Crippen LogP contribution in [-0.2, 0) is 11.3 Å². The molecule has 0 spiro atoms. The minimum Gasteiger partial charge on any atom is -0.497 e. The lowest BCUT2D eigenvalue weighted by molar-refractivity contribution is 0.0383. The number of methoxy groups -OCH3 is 1. The molecule has 0 unspecified atom stereocenters. The lowest BCUT2D eigenvalue weighted by Gasteiger charge is -2.26. The van der Waals surface area contributed by atoms with Gasteiger partial charge < -0.3 is 25.1 Å². The van der Waals surface area contributed by atoms with Crippen LogP contribution in [0, 0.1) is 0 Å². The summed E-state index contributed by atoms with van der Waals surface area (Å²) in [6.07, 6.45) is 0. The summed E-state index contributed by atoms with van der Waals surface area (Å²) in [5.74, 6) is 0.717. The number of ether oxygens (including phenoxy) is 2. The van der Waals surface area contributed by atoms with E-state index in [1.165, 1.54) is 0 Å². The summed E-state index contributed by atoms with van der Waals surface area (Å²) in [6, 6.07) is 13.6. The SMILES string of the molecule is CCn1c(-c2cccc(C(=O)NCCN3CCOCC3)c2)c(N)c2ccc(OC)cc21. The van der Waals surface area contributed by atoms with Gasteiger partial charge in [-0.1, -0.05) is 12.1 Å². The Bertz CT molecular complexity index is 1070. The number of nitrogen functional groups attached to an aromatic ring is 1. The normalized spacial score (nSPS) is 14.6. The lowest BCUT2D eigenvalue weighted by atomic mass is 10.1. The van der Waals surface area contributed by atoms with Gasteiger partial charge in [0, 0.05) is 55.3 Å². The van der Waals surface area contributed by atoms with Gasteiger partial charge in [-0.15, -0.1) is 0 Å². The molecule has 2 heterocycles. The van der Waals surface area contributed by atoms with Gasteiger partial charge in [-0.05, 0) is 31.2 Å². The highest BCUT2D eigenvalue weighted by molar-refractivity contribution is 6.02. The Morgan fingerprint density at radius 3 is 2.74 bits per heavy atom. The summed E-state index contributed by atoms with van der Waals surface area (Å²) in [4.78, 5) is 15.1. The molecule has 1 aliphatic rings. The number of hydrogen-bond donors (Lipinski definition) is 2. The molecule has 0 bridgehead atoms. The van der Waals surface area contributed by atoms with Crippen LogP contribution in [0.15, 0.2) is 42.5 Å². The molecule has 1 fully saturated rings. The molecule has 31 heavy (non-hydrogen) atoms. The van der Waals surface area contributed by atoms with E-state index in [-0.39, 0.29) is 5.91 Å². The fourth-order valence-electron chi connectivity index (χ4n) is 4.18. The van der Waals surface area contributed by atoms with Crippen LogP contribution in [0.4, 0.5) is 5.69 Å². The zero-order valence-corrected chi connectivity index (χ0v) is 18.2. The molecular weight excluding hydrogens is 392 g/mol. The molecule has 7 nitrogen and oxygen atoms in total. The molecule has 1 amide bonds. The van der Waals surface area contributed by atoms with Crippen molar-refractivity contribution in [1.29, 1.82) is 0 Å². The molecule has 4 rings (SSSR count). The lowest BCUT2D eigenvalue weighted by Crippen LogP contribution is -2.41. The number of aryl methyl sites for hydroxylation is 1. The number of nitrogens with zero attached hydrogens (tertiary/aromatic N) is 2. The Balaban J connectivity index is 1.57. The largest absolute Gasteiger partial charge is 0.497 e. The summed E-state index contributed by atoms with van der Waals surface area (Å²) in [6.45, 7) is 7.63. The fourth-order valence-corrected chi connectivity index (χ4v) is 4.18. The van der Waals surface area contributed by atoms with E-state index in [9.17, 15) is 4.79 Å². The van der Waals surface area contributed by atoms with E-state index in [1.54, 1.807) is 7.11 Å². The van der Waals surface area contributed by atoms with Crippen LogP contribution in [0.2, 0.25) is 0 Å². The quantitative estimate of drug-likeness (QED) is 0.612. The van der Waals surface area contributed by atoms with E-state index in [4.69, 9.17) is 15.2 Å². The van der Waals surface area contributed by atoms with Crippen LogP contribution < -0.4 is 15.8 Å². The predicted molar refractivity (Wildman–Crippen MR) is 124 cm³/mol. The second-order valence-electron chi connectivity index (χ2n) is 7.68. The Hall–Kier alpha value is -3.03. The number of aromatic nitrogens is 1. The molecule has 0 aliphatic carbocycles. The van der Waals surface area contributed by atoms with Crippen LogP contribution >= 0.6 is 0 Å². The number of hydrogen-bond acceptors (Lipinski definition) is 5. The van der Waals surface area contributed by atoms with Gasteiger partial charge in [0.25, 0.3) is 5.91 Å². The van der Waals surface area contributed by atoms with E-state index in [0.717, 1.165) is 67.3 Å². The molecule has 0 atom stereocenters. The maximum atomic E-state index is 12.8. The van der Waals surface area contributed by atoms with Crippen LogP contribution in [0.3, 0.4) is 0 Å². The molecule has 164 valence electrons. The van der Waals surface area contributed by atoms with Crippen molar-refractivity contribution in [3.8, 4) is 17.0 Å². The van der Waals surface area contributed by atoms with Gasteiger partial charge in [0.2, 0.25) is 0 Å². The maximum Gasteiger partial charge on any atom is 0.251 e. The zero-order chi connectivity index (χ0) is 21.8. The molecule has 1 saturated heterocycles. The van der Waals surface area contributed by atoms with Crippen molar-refractivity contribution in [3.63, 3.8) is 0 Å². The zero-order valence-electron chi connectivity index (χ0n) is 18.2. The predicted octanol–water partition coefficient (Wildman–Crippen LogP) is 2.98. The first-order valence-electron chi connectivity index (χ1n) is 10.8. The molecule has 1 aromatic heterocycles. The number of morpholine rings is 1. The third-order valence-corrected chi connectivity index (χ3v) is 5.84. The van der Waals surface area contributed by atoms with Crippen molar-refractivity contribution in [3.05, 3.63) is 48.0 Å². The highest BCUT2D eigenvalue weighted by atomic mass is 16.5. The summed E-state index contributed by atoms with van der Waals surface area (Å²) >= 11 is 0. The Kier molecular flexibility index (Phi) is 6.44. The summed E-state index contributed by atoms with van der Waals surface area (Å²) < 4.78 is 12.9. The second kappa shape index (κ2) is 9.41. The fraction of sp³-hybridized carbons (Fsp3) is 0.375. The van der Waals surface area contributed by atoms with E-state index in [1.807, 2.05) is 42.5 Å². The van der Waals surface area contributed by atoms with E-state index in [2.05, 4.69) is 21.7 Å². The molecule has 1 aliphatic heterocycles. The second-order valence-corrected chi connectivity index (χ2v) is 7.68. The van der Waals surface area contributed by atoms with Crippen molar-refractivity contribution in [2.75, 3.05) is 52.2 Å². The Labute approximate surface area is 182 Å². The van der Waals surface area contributed by atoms with Gasteiger partial charge in [0.1, 0.15) is 5.75 Å². The standard InChI is InChI=1S/C24H30N4O3/c1-3-28-21-16-19(30-2)7-8-20(21)22(25)23(28)17-5-4-6-18(15-17)24(29)26-9-10-27-11-13-31-14-12-27/h4-8,15-16H,3,9-14,25H2,1-2H3,(H,26,29). The van der Waals surface area contributed by atoms with Crippen molar-refractivity contribution >= 4 is 22.5 Å². The third-order valence-electron chi connectivity index (χ3n) is 5.84. The molecule has 0 saturated carbocycles. The number of carbonyl (C=O) groups is 1. The smallest absolute Gasteiger partial charge is 0.251 e. The molecule has 2 aromatic carbocycles. The van der Waals surface area contributed by atoms with Crippen molar-refractivity contribution in [2.24, 2.45) is 0 Å². The average molecular weight is 423 g/mol. The minimum atomic E-state index is -0.0745. The highest BCUT2D eigenvalue weighted by Crippen LogP contribution is 2.37. The van der Waals surface area contributed by atoms with Crippen LogP contribution in [0.5, 0.6) is 5.75 Å². The molecular formula is C24H30N4O3. The van der Waals surface area contributed by atoms with E-state index >= 15 is 0 Å². The van der Waals surface area contributed by atoms with Gasteiger partial charge >= 0.3 is 0 Å².